The number of piperidine rings is 1. The van der Waals surface area contributed by atoms with E-state index < -0.39 is 0 Å². The molecule has 154 valence electrons. The Morgan fingerprint density at radius 1 is 0.967 bits per heavy atom. The fourth-order valence-electron chi connectivity index (χ4n) is 4.50. The quantitative estimate of drug-likeness (QED) is 0.636. The standard InChI is InChI=1S/C24H27N5O/c30-22-14-9-18-17-25-24(27-23(18)29(22)21-7-3-1-4-8-21)26-19-10-12-20(13-11-19)28-15-5-2-6-16-28/h1,3,9-14,17,21H,2,4-8,15-16H2,(H,25,26,27). The summed E-state index contributed by atoms with van der Waals surface area (Å²) < 4.78 is 1.84. The third-order valence-corrected chi connectivity index (χ3v) is 6.12. The van der Waals surface area contributed by atoms with Gasteiger partial charge in [-0.3, -0.25) is 9.36 Å². The van der Waals surface area contributed by atoms with E-state index in [1.54, 1.807) is 12.3 Å². The molecule has 30 heavy (non-hydrogen) atoms. The van der Waals surface area contributed by atoms with Crippen molar-refractivity contribution in [2.24, 2.45) is 0 Å². The molecule has 3 aromatic rings. The maximum absolute atomic E-state index is 12.6. The van der Waals surface area contributed by atoms with Gasteiger partial charge in [0.2, 0.25) is 5.95 Å². The van der Waals surface area contributed by atoms with Crippen LogP contribution in [-0.4, -0.2) is 27.6 Å². The lowest BCUT2D eigenvalue weighted by Gasteiger charge is -2.28. The number of fused-ring (bicyclic) bond motifs is 1. The third-order valence-electron chi connectivity index (χ3n) is 6.12. The summed E-state index contributed by atoms with van der Waals surface area (Å²) in [6.07, 6.45) is 12.8. The predicted molar refractivity (Wildman–Crippen MR) is 122 cm³/mol. The Labute approximate surface area is 176 Å². The second-order valence-electron chi connectivity index (χ2n) is 8.17. The molecule has 2 aromatic heterocycles. The van der Waals surface area contributed by atoms with E-state index in [0.717, 1.165) is 43.4 Å². The number of pyridine rings is 1. The van der Waals surface area contributed by atoms with Gasteiger partial charge in [-0.25, -0.2) is 4.98 Å². The SMILES string of the molecule is O=c1ccc2cnc(Nc3ccc(N4CCCCC4)cc3)nc2n1C1CC=CCC1. The normalized spacial score (nSPS) is 19.2. The van der Waals surface area contributed by atoms with E-state index >= 15 is 0 Å². The molecule has 1 aromatic carbocycles. The average molecular weight is 402 g/mol. The maximum Gasteiger partial charge on any atom is 0.252 e. The predicted octanol–water partition coefficient (Wildman–Crippen LogP) is 4.81. The Kier molecular flexibility index (Phi) is 5.22. The van der Waals surface area contributed by atoms with Crippen LogP contribution in [0.2, 0.25) is 0 Å². The van der Waals surface area contributed by atoms with E-state index in [2.05, 4.69) is 51.6 Å². The number of aromatic nitrogens is 3. The van der Waals surface area contributed by atoms with Gasteiger partial charge in [-0.15, -0.1) is 0 Å². The lowest BCUT2D eigenvalue weighted by Crippen LogP contribution is -2.29. The van der Waals surface area contributed by atoms with Crippen molar-refractivity contribution in [3.63, 3.8) is 0 Å². The molecule has 1 atom stereocenters. The second kappa shape index (κ2) is 8.30. The number of allylic oxidation sites excluding steroid dienone is 2. The van der Waals surface area contributed by atoms with E-state index in [0.29, 0.717) is 11.6 Å². The van der Waals surface area contributed by atoms with Crippen molar-refractivity contribution in [1.82, 2.24) is 14.5 Å². The second-order valence-corrected chi connectivity index (χ2v) is 8.17. The lowest BCUT2D eigenvalue weighted by atomic mass is 10.0. The van der Waals surface area contributed by atoms with Gasteiger partial charge in [0.1, 0.15) is 5.65 Å². The van der Waals surface area contributed by atoms with Crippen LogP contribution in [0.25, 0.3) is 11.0 Å². The number of rotatable bonds is 4. The van der Waals surface area contributed by atoms with Crippen LogP contribution in [0, 0.1) is 0 Å². The van der Waals surface area contributed by atoms with Crippen LogP contribution in [0.4, 0.5) is 17.3 Å². The van der Waals surface area contributed by atoms with Gasteiger partial charge in [0.25, 0.3) is 5.56 Å². The van der Waals surface area contributed by atoms with E-state index in [4.69, 9.17) is 4.98 Å². The molecule has 1 fully saturated rings. The summed E-state index contributed by atoms with van der Waals surface area (Å²) in [5.74, 6) is 0.513. The number of nitrogens with one attached hydrogen (secondary N) is 1. The van der Waals surface area contributed by atoms with Crippen LogP contribution < -0.4 is 15.8 Å². The third kappa shape index (κ3) is 3.82. The molecule has 3 heterocycles. The first-order valence-electron chi connectivity index (χ1n) is 10.9. The fourth-order valence-corrected chi connectivity index (χ4v) is 4.50. The van der Waals surface area contributed by atoms with Crippen molar-refractivity contribution in [3.8, 4) is 0 Å². The fraction of sp³-hybridized carbons (Fsp3) is 0.375. The first-order chi connectivity index (χ1) is 14.8. The molecule has 0 amide bonds. The Bertz CT molecular complexity index is 1110. The van der Waals surface area contributed by atoms with E-state index in [1.165, 1.54) is 24.9 Å². The minimum Gasteiger partial charge on any atom is -0.372 e. The van der Waals surface area contributed by atoms with Crippen molar-refractivity contribution >= 4 is 28.4 Å². The number of hydrogen-bond donors (Lipinski definition) is 1. The highest BCUT2D eigenvalue weighted by molar-refractivity contribution is 5.76. The van der Waals surface area contributed by atoms with Crippen molar-refractivity contribution in [2.75, 3.05) is 23.3 Å². The Hall–Kier alpha value is -3.15. The van der Waals surface area contributed by atoms with Crippen LogP contribution >= 0.6 is 0 Å². The van der Waals surface area contributed by atoms with Crippen LogP contribution in [0.1, 0.15) is 44.6 Å². The molecule has 1 aliphatic heterocycles. The van der Waals surface area contributed by atoms with Crippen LogP contribution in [0.15, 0.2) is 59.5 Å². The first kappa shape index (κ1) is 18.9. The Morgan fingerprint density at radius 2 is 1.80 bits per heavy atom. The molecule has 2 aliphatic rings. The maximum atomic E-state index is 12.6. The molecule has 6 nitrogen and oxygen atoms in total. The topological polar surface area (TPSA) is 63.1 Å². The summed E-state index contributed by atoms with van der Waals surface area (Å²) in [6.45, 7) is 2.27. The van der Waals surface area contributed by atoms with Crippen molar-refractivity contribution in [3.05, 3.63) is 65.1 Å². The van der Waals surface area contributed by atoms with E-state index in [-0.39, 0.29) is 11.6 Å². The highest BCUT2D eigenvalue weighted by Crippen LogP contribution is 2.26. The minimum atomic E-state index is -0.00154. The van der Waals surface area contributed by atoms with Crippen LogP contribution in [0.3, 0.4) is 0 Å². The Balaban J connectivity index is 1.42. The van der Waals surface area contributed by atoms with Gasteiger partial charge in [-0.2, -0.15) is 4.98 Å². The van der Waals surface area contributed by atoms with Gasteiger partial charge in [0.15, 0.2) is 0 Å². The van der Waals surface area contributed by atoms with Gasteiger partial charge in [0.05, 0.1) is 0 Å². The zero-order valence-electron chi connectivity index (χ0n) is 17.1. The lowest BCUT2D eigenvalue weighted by molar-refractivity contribution is 0.459. The van der Waals surface area contributed by atoms with Gasteiger partial charge in [-0.1, -0.05) is 12.2 Å². The number of nitrogens with zero attached hydrogens (tertiary/aromatic N) is 4. The number of hydrogen-bond acceptors (Lipinski definition) is 5. The monoisotopic (exact) mass is 401 g/mol. The molecule has 1 saturated heterocycles. The molecule has 0 saturated carbocycles. The molecular formula is C24H27N5O. The van der Waals surface area contributed by atoms with Crippen molar-refractivity contribution < 1.29 is 0 Å². The largest absolute Gasteiger partial charge is 0.372 e. The molecule has 1 unspecified atom stereocenters. The molecule has 6 heteroatoms. The van der Waals surface area contributed by atoms with Gasteiger partial charge in [-0.05, 0) is 68.9 Å². The molecule has 5 rings (SSSR count). The van der Waals surface area contributed by atoms with E-state index in [9.17, 15) is 4.79 Å². The minimum absolute atomic E-state index is 0.00154. The summed E-state index contributed by atoms with van der Waals surface area (Å²) in [6, 6.07) is 12.0. The summed E-state index contributed by atoms with van der Waals surface area (Å²) in [4.78, 5) is 24.3. The molecular weight excluding hydrogens is 374 g/mol. The highest BCUT2D eigenvalue weighted by atomic mass is 16.1. The van der Waals surface area contributed by atoms with Gasteiger partial charge in [0, 0.05) is 48.2 Å². The van der Waals surface area contributed by atoms with Gasteiger partial charge < -0.3 is 10.2 Å². The zero-order chi connectivity index (χ0) is 20.3. The smallest absolute Gasteiger partial charge is 0.252 e. The Morgan fingerprint density at radius 3 is 2.57 bits per heavy atom. The van der Waals surface area contributed by atoms with Crippen molar-refractivity contribution in [2.45, 2.75) is 44.6 Å². The molecule has 1 aliphatic carbocycles. The summed E-state index contributed by atoms with van der Waals surface area (Å²) in [5, 5.41) is 4.19. The van der Waals surface area contributed by atoms with Crippen molar-refractivity contribution in [1.29, 1.82) is 0 Å². The molecule has 0 spiro atoms. The highest BCUT2D eigenvalue weighted by Gasteiger charge is 2.17. The molecule has 1 N–H and O–H groups in total. The van der Waals surface area contributed by atoms with E-state index in [1.807, 2.05) is 10.6 Å². The molecule has 0 radical (unpaired) electrons. The molecule has 0 bridgehead atoms. The summed E-state index contributed by atoms with van der Waals surface area (Å²) >= 11 is 0. The summed E-state index contributed by atoms with van der Waals surface area (Å²) in [5.41, 5.74) is 2.91. The zero-order valence-corrected chi connectivity index (χ0v) is 17.1. The number of benzene rings is 1. The van der Waals surface area contributed by atoms with Gasteiger partial charge >= 0.3 is 0 Å². The summed E-state index contributed by atoms with van der Waals surface area (Å²) in [7, 11) is 0. The van der Waals surface area contributed by atoms with Crippen LogP contribution in [-0.2, 0) is 0 Å². The average Bonchev–Trinajstić information content (AvgIpc) is 2.80. The number of anilines is 3. The first-order valence-corrected chi connectivity index (χ1v) is 10.9. The van der Waals surface area contributed by atoms with Crippen LogP contribution in [0.5, 0.6) is 0 Å².